The fourth-order valence-corrected chi connectivity index (χ4v) is 3.81. The Morgan fingerprint density at radius 3 is 2.74 bits per heavy atom. The molecule has 0 radical (unpaired) electrons. The molecule has 0 saturated carbocycles. The van der Waals surface area contributed by atoms with E-state index < -0.39 is 0 Å². The molecule has 0 aliphatic rings. The molecule has 6 heteroatoms. The number of anilines is 1. The Morgan fingerprint density at radius 1 is 1.30 bits per heavy atom. The third-order valence-electron chi connectivity index (χ3n) is 4.01. The quantitative estimate of drug-likeness (QED) is 0.670. The smallest absolute Gasteiger partial charge is 0.259 e. The molecule has 0 aliphatic heterocycles. The van der Waals surface area contributed by atoms with Gasteiger partial charge < -0.3 is 10.3 Å². The van der Waals surface area contributed by atoms with E-state index in [2.05, 4.69) is 37.3 Å². The summed E-state index contributed by atoms with van der Waals surface area (Å²) in [4.78, 5) is 21.9. The Morgan fingerprint density at radius 2 is 2.04 bits per heavy atom. The maximum Gasteiger partial charge on any atom is 0.259 e. The maximum absolute atomic E-state index is 12.4. The van der Waals surface area contributed by atoms with E-state index in [9.17, 15) is 4.79 Å². The van der Waals surface area contributed by atoms with Gasteiger partial charge in [0.25, 0.3) is 5.56 Å². The minimum atomic E-state index is -0.0876. The summed E-state index contributed by atoms with van der Waals surface area (Å²) >= 11 is 5.07. The van der Waals surface area contributed by atoms with Crippen molar-refractivity contribution in [3.05, 3.63) is 54.9 Å². The SMILES string of the molecule is Cc1cc(NC(C)c2nc3sc(C)c(C)c3c(=O)[nH]2)ccc1Br. The van der Waals surface area contributed by atoms with E-state index in [0.29, 0.717) is 11.2 Å². The zero-order valence-corrected chi connectivity index (χ0v) is 15.9. The molecule has 2 aromatic heterocycles. The van der Waals surface area contributed by atoms with Crippen LogP contribution in [0.1, 0.15) is 34.8 Å². The number of halogens is 1. The molecule has 120 valence electrons. The summed E-state index contributed by atoms with van der Waals surface area (Å²) < 4.78 is 1.08. The van der Waals surface area contributed by atoms with Gasteiger partial charge in [-0.05, 0) is 57.0 Å². The Kier molecular flexibility index (Phi) is 4.29. The van der Waals surface area contributed by atoms with Gasteiger partial charge in [0.15, 0.2) is 0 Å². The van der Waals surface area contributed by atoms with Gasteiger partial charge in [0.05, 0.1) is 11.4 Å². The number of thiophene rings is 1. The Labute approximate surface area is 147 Å². The number of benzene rings is 1. The van der Waals surface area contributed by atoms with Gasteiger partial charge in [-0.25, -0.2) is 4.98 Å². The van der Waals surface area contributed by atoms with Crippen LogP contribution in [0.2, 0.25) is 0 Å². The van der Waals surface area contributed by atoms with Crippen molar-refractivity contribution in [3.8, 4) is 0 Å². The standard InChI is InChI=1S/C17H18BrN3OS/c1-8-7-12(5-6-13(8)18)19-10(3)15-20-16(22)14-9(2)11(4)23-17(14)21-15/h5-7,10,19H,1-4H3,(H,20,21,22). The van der Waals surface area contributed by atoms with E-state index in [-0.39, 0.29) is 11.6 Å². The summed E-state index contributed by atoms with van der Waals surface area (Å²) in [5.74, 6) is 0.657. The largest absolute Gasteiger partial charge is 0.375 e. The summed E-state index contributed by atoms with van der Waals surface area (Å²) in [5, 5.41) is 4.10. The topological polar surface area (TPSA) is 57.8 Å². The summed E-state index contributed by atoms with van der Waals surface area (Å²) in [6, 6.07) is 5.99. The van der Waals surface area contributed by atoms with E-state index >= 15 is 0 Å². The Balaban J connectivity index is 1.96. The highest BCUT2D eigenvalue weighted by Crippen LogP contribution is 2.27. The lowest BCUT2D eigenvalue weighted by atomic mass is 10.2. The third-order valence-corrected chi connectivity index (χ3v) is 6.00. The first-order valence-electron chi connectivity index (χ1n) is 7.39. The average molecular weight is 392 g/mol. The molecule has 0 fully saturated rings. The van der Waals surface area contributed by atoms with Crippen molar-refractivity contribution in [2.24, 2.45) is 0 Å². The van der Waals surface area contributed by atoms with Crippen LogP contribution in [0.15, 0.2) is 27.5 Å². The number of aryl methyl sites for hydroxylation is 3. The van der Waals surface area contributed by atoms with Crippen LogP contribution in [0, 0.1) is 20.8 Å². The van der Waals surface area contributed by atoms with Gasteiger partial charge in [0.2, 0.25) is 0 Å². The second kappa shape index (κ2) is 6.09. The van der Waals surface area contributed by atoms with Gasteiger partial charge in [0.1, 0.15) is 10.7 Å². The first-order valence-corrected chi connectivity index (χ1v) is 9.00. The number of hydrogen-bond acceptors (Lipinski definition) is 4. The molecule has 0 bridgehead atoms. The molecule has 3 rings (SSSR count). The van der Waals surface area contributed by atoms with Crippen molar-refractivity contribution in [2.45, 2.75) is 33.7 Å². The van der Waals surface area contributed by atoms with Gasteiger partial charge in [-0.2, -0.15) is 0 Å². The normalized spacial score (nSPS) is 12.6. The third kappa shape index (κ3) is 3.05. The second-order valence-corrected chi connectivity index (χ2v) is 7.80. The monoisotopic (exact) mass is 391 g/mol. The molecule has 1 atom stereocenters. The highest BCUT2D eigenvalue weighted by molar-refractivity contribution is 9.10. The van der Waals surface area contributed by atoms with Crippen molar-refractivity contribution in [2.75, 3.05) is 5.32 Å². The molecule has 2 N–H and O–H groups in total. The van der Waals surface area contributed by atoms with Crippen molar-refractivity contribution in [1.29, 1.82) is 0 Å². The number of rotatable bonds is 3. The van der Waals surface area contributed by atoms with Crippen molar-refractivity contribution < 1.29 is 0 Å². The summed E-state index contributed by atoms with van der Waals surface area (Å²) in [7, 11) is 0. The lowest BCUT2D eigenvalue weighted by molar-refractivity contribution is 0.792. The zero-order valence-electron chi connectivity index (χ0n) is 13.5. The highest BCUT2D eigenvalue weighted by atomic mass is 79.9. The molecule has 0 amide bonds. The molecule has 0 aliphatic carbocycles. The highest BCUT2D eigenvalue weighted by Gasteiger charge is 2.15. The van der Waals surface area contributed by atoms with Crippen LogP contribution in [0.5, 0.6) is 0 Å². The van der Waals surface area contributed by atoms with E-state index in [4.69, 9.17) is 0 Å². The molecule has 23 heavy (non-hydrogen) atoms. The number of H-pyrrole nitrogens is 1. The minimum absolute atomic E-state index is 0.0625. The molecule has 0 saturated heterocycles. The first-order chi connectivity index (χ1) is 10.9. The van der Waals surface area contributed by atoms with Crippen LogP contribution in [0.4, 0.5) is 5.69 Å². The molecular weight excluding hydrogens is 374 g/mol. The van der Waals surface area contributed by atoms with Crippen molar-refractivity contribution >= 4 is 43.2 Å². The Hall–Kier alpha value is -1.66. The molecule has 0 spiro atoms. The van der Waals surface area contributed by atoms with E-state index in [1.54, 1.807) is 11.3 Å². The predicted molar refractivity (Wildman–Crippen MR) is 101 cm³/mol. The summed E-state index contributed by atoms with van der Waals surface area (Å²) in [6.07, 6.45) is 0. The lowest BCUT2D eigenvalue weighted by Gasteiger charge is -2.15. The molecular formula is C17H18BrN3OS. The van der Waals surface area contributed by atoms with Gasteiger partial charge in [-0.3, -0.25) is 4.79 Å². The summed E-state index contributed by atoms with van der Waals surface area (Å²) in [6.45, 7) is 8.03. The minimum Gasteiger partial charge on any atom is -0.375 e. The van der Waals surface area contributed by atoms with Crippen LogP contribution in [-0.4, -0.2) is 9.97 Å². The van der Waals surface area contributed by atoms with E-state index in [1.807, 2.05) is 39.8 Å². The van der Waals surface area contributed by atoms with Gasteiger partial charge in [0, 0.05) is 15.0 Å². The van der Waals surface area contributed by atoms with Crippen LogP contribution in [-0.2, 0) is 0 Å². The van der Waals surface area contributed by atoms with Crippen LogP contribution >= 0.6 is 27.3 Å². The number of nitrogens with one attached hydrogen (secondary N) is 2. The fourth-order valence-electron chi connectivity index (χ4n) is 2.53. The van der Waals surface area contributed by atoms with E-state index in [1.165, 1.54) is 0 Å². The number of nitrogens with zero attached hydrogens (tertiary/aromatic N) is 1. The second-order valence-electron chi connectivity index (χ2n) is 5.74. The van der Waals surface area contributed by atoms with Crippen molar-refractivity contribution in [3.63, 3.8) is 0 Å². The van der Waals surface area contributed by atoms with Gasteiger partial charge in [-0.15, -0.1) is 11.3 Å². The molecule has 3 aromatic rings. The lowest BCUT2D eigenvalue weighted by Crippen LogP contribution is -2.17. The first kappa shape index (κ1) is 16.2. The molecule has 4 nitrogen and oxygen atoms in total. The number of hydrogen-bond donors (Lipinski definition) is 2. The molecule has 1 aromatic carbocycles. The fraction of sp³-hybridized carbons (Fsp3) is 0.294. The molecule has 2 heterocycles. The number of aromatic amines is 1. The number of aromatic nitrogens is 2. The summed E-state index contributed by atoms with van der Waals surface area (Å²) in [5.41, 5.74) is 3.12. The van der Waals surface area contributed by atoms with Crippen LogP contribution in [0.25, 0.3) is 10.2 Å². The van der Waals surface area contributed by atoms with Gasteiger partial charge >= 0.3 is 0 Å². The molecule has 1 unspecified atom stereocenters. The zero-order chi connectivity index (χ0) is 16.7. The van der Waals surface area contributed by atoms with Crippen LogP contribution < -0.4 is 10.9 Å². The van der Waals surface area contributed by atoms with Gasteiger partial charge in [-0.1, -0.05) is 15.9 Å². The maximum atomic E-state index is 12.4. The average Bonchev–Trinajstić information content (AvgIpc) is 2.78. The van der Waals surface area contributed by atoms with Crippen LogP contribution in [0.3, 0.4) is 0 Å². The van der Waals surface area contributed by atoms with E-state index in [0.717, 1.165) is 31.0 Å². The number of fused-ring (bicyclic) bond motifs is 1. The van der Waals surface area contributed by atoms with Crippen molar-refractivity contribution in [1.82, 2.24) is 9.97 Å². The Bertz CT molecular complexity index is 945. The predicted octanol–water partition coefficient (Wildman–Crippen LogP) is 4.85.